The first kappa shape index (κ1) is 14.1. The highest BCUT2D eigenvalue weighted by molar-refractivity contribution is 6.04. The van der Waals surface area contributed by atoms with Crippen LogP contribution in [-0.4, -0.2) is 17.4 Å². The van der Waals surface area contributed by atoms with Gasteiger partial charge in [-0.15, -0.1) is 0 Å². The zero-order valence-corrected chi connectivity index (χ0v) is 12.0. The van der Waals surface area contributed by atoms with Crippen LogP contribution in [0.2, 0.25) is 0 Å². The van der Waals surface area contributed by atoms with Crippen molar-refractivity contribution in [3.63, 3.8) is 0 Å². The van der Waals surface area contributed by atoms with Crippen molar-refractivity contribution in [2.24, 2.45) is 0 Å². The number of amides is 1. The van der Waals surface area contributed by atoms with E-state index in [4.69, 9.17) is 0 Å². The molecule has 0 spiro atoms. The molecular formula is C16H19N3O. The number of anilines is 2. The molecule has 2 aromatic rings. The van der Waals surface area contributed by atoms with Gasteiger partial charge in [0.05, 0.1) is 5.56 Å². The zero-order valence-electron chi connectivity index (χ0n) is 12.0. The van der Waals surface area contributed by atoms with Crippen molar-refractivity contribution in [1.82, 2.24) is 4.98 Å². The second kappa shape index (κ2) is 6.19. The number of aromatic nitrogens is 1. The molecule has 0 bridgehead atoms. The van der Waals surface area contributed by atoms with Gasteiger partial charge in [-0.25, -0.2) is 4.98 Å². The number of nitrogens with one attached hydrogen (secondary N) is 2. The Morgan fingerprint density at radius 2 is 1.85 bits per heavy atom. The number of carbonyl (C=O) groups is 1. The largest absolute Gasteiger partial charge is 0.370 e. The van der Waals surface area contributed by atoms with E-state index in [1.54, 1.807) is 12.3 Å². The molecule has 0 radical (unpaired) electrons. The van der Waals surface area contributed by atoms with Crippen LogP contribution in [0.25, 0.3) is 0 Å². The lowest BCUT2D eigenvalue weighted by molar-refractivity contribution is 0.102. The summed E-state index contributed by atoms with van der Waals surface area (Å²) in [6, 6.07) is 9.52. The van der Waals surface area contributed by atoms with Crippen LogP contribution < -0.4 is 10.6 Å². The van der Waals surface area contributed by atoms with Crippen LogP contribution >= 0.6 is 0 Å². The summed E-state index contributed by atoms with van der Waals surface area (Å²) >= 11 is 0. The summed E-state index contributed by atoms with van der Waals surface area (Å²) in [5, 5.41) is 6.05. The summed E-state index contributed by atoms with van der Waals surface area (Å²) in [6.45, 7) is 6.77. The van der Waals surface area contributed by atoms with Crippen LogP contribution in [0.15, 0.2) is 36.5 Å². The van der Waals surface area contributed by atoms with Crippen molar-refractivity contribution in [2.75, 3.05) is 17.2 Å². The van der Waals surface area contributed by atoms with Gasteiger partial charge in [0.25, 0.3) is 5.91 Å². The van der Waals surface area contributed by atoms with E-state index < -0.39 is 0 Å². The van der Waals surface area contributed by atoms with Crippen molar-refractivity contribution in [3.8, 4) is 0 Å². The van der Waals surface area contributed by atoms with Crippen LogP contribution in [0, 0.1) is 13.8 Å². The topological polar surface area (TPSA) is 54.0 Å². The summed E-state index contributed by atoms with van der Waals surface area (Å²) in [5.74, 6) is 0.633. The highest BCUT2D eigenvalue weighted by Crippen LogP contribution is 2.20. The minimum atomic E-state index is -0.141. The molecule has 20 heavy (non-hydrogen) atoms. The first-order chi connectivity index (χ1) is 9.61. The van der Waals surface area contributed by atoms with E-state index in [2.05, 4.69) is 15.6 Å². The Morgan fingerprint density at radius 1 is 1.15 bits per heavy atom. The average molecular weight is 269 g/mol. The Hall–Kier alpha value is -2.36. The van der Waals surface area contributed by atoms with E-state index >= 15 is 0 Å². The molecule has 0 saturated carbocycles. The molecule has 0 aliphatic rings. The fraction of sp³-hybridized carbons (Fsp3) is 0.250. The molecular weight excluding hydrogens is 250 g/mol. The van der Waals surface area contributed by atoms with Gasteiger partial charge >= 0.3 is 0 Å². The second-order valence-electron chi connectivity index (χ2n) is 4.68. The number of aryl methyl sites for hydroxylation is 2. The van der Waals surface area contributed by atoms with Crippen molar-refractivity contribution in [3.05, 3.63) is 53.2 Å². The highest BCUT2D eigenvalue weighted by Gasteiger charge is 2.09. The number of carbonyl (C=O) groups excluding carboxylic acids is 1. The fourth-order valence-corrected chi connectivity index (χ4v) is 2.01. The first-order valence-corrected chi connectivity index (χ1v) is 6.69. The number of benzene rings is 1. The normalized spacial score (nSPS) is 10.2. The van der Waals surface area contributed by atoms with E-state index in [1.165, 1.54) is 0 Å². The lowest BCUT2D eigenvalue weighted by Gasteiger charge is -2.11. The maximum Gasteiger partial charge on any atom is 0.257 e. The van der Waals surface area contributed by atoms with Gasteiger partial charge in [0.2, 0.25) is 0 Å². The molecule has 1 aromatic carbocycles. The Labute approximate surface area is 119 Å². The predicted molar refractivity (Wildman–Crippen MR) is 82.3 cm³/mol. The van der Waals surface area contributed by atoms with E-state index in [1.807, 2.05) is 45.0 Å². The van der Waals surface area contributed by atoms with E-state index in [0.29, 0.717) is 5.56 Å². The minimum Gasteiger partial charge on any atom is -0.370 e. The summed E-state index contributed by atoms with van der Waals surface area (Å²) < 4.78 is 0. The van der Waals surface area contributed by atoms with Crippen LogP contribution in [0.5, 0.6) is 0 Å². The molecule has 2 N–H and O–H groups in total. The lowest BCUT2D eigenvalue weighted by Crippen LogP contribution is -2.14. The third kappa shape index (κ3) is 3.15. The standard InChI is InChI=1S/C16H19N3O/c1-4-17-14-9-8-13(10-18-14)16(20)19-15-11(2)6-5-7-12(15)3/h5-10H,4H2,1-3H3,(H,17,18)(H,19,20). The Bertz CT molecular complexity index is 585. The summed E-state index contributed by atoms with van der Waals surface area (Å²) in [6.07, 6.45) is 1.58. The van der Waals surface area contributed by atoms with E-state index in [9.17, 15) is 4.79 Å². The molecule has 0 saturated heterocycles. The molecule has 0 aliphatic heterocycles. The summed E-state index contributed by atoms with van der Waals surface area (Å²) in [7, 11) is 0. The van der Waals surface area contributed by atoms with Gasteiger partial charge in [0, 0.05) is 18.4 Å². The summed E-state index contributed by atoms with van der Waals surface area (Å²) in [4.78, 5) is 16.4. The van der Waals surface area contributed by atoms with Gasteiger partial charge in [-0.1, -0.05) is 18.2 Å². The van der Waals surface area contributed by atoms with Gasteiger partial charge < -0.3 is 10.6 Å². The fourth-order valence-electron chi connectivity index (χ4n) is 2.01. The third-order valence-corrected chi connectivity index (χ3v) is 3.10. The Balaban J connectivity index is 2.16. The van der Waals surface area contributed by atoms with Crippen molar-refractivity contribution >= 4 is 17.4 Å². The quantitative estimate of drug-likeness (QED) is 0.894. The number of hydrogen-bond donors (Lipinski definition) is 2. The summed E-state index contributed by atoms with van der Waals surface area (Å²) in [5.41, 5.74) is 3.52. The molecule has 4 nitrogen and oxygen atoms in total. The van der Waals surface area contributed by atoms with Crippen LogP contribution in [0.1, 0.15) is 28.4 Å². The molecule has 1 aromatic heterocycles. The smallest absolute Gasteiger partial charge is 0.257 e. The molecule has 0 unspecified atom stereocenters. The van der Waals surface area contributed by atoms with Crippen molar-refractivity contribution in [1.29, 1.82) is 0 Å². The van der Waals surface area contributed by atoms with Gasteiger partial charge in [-0.05, 0) is 44.0 Å². The van der Waals surface area contributed by atoms with Crippen LogP contribution in [0.3, 0.4) is 0 Å². The number of para-hydroxylation sites is 1. The minimum absolute atomic E-state index is 0.141. The van der Waals surface area contributed by atoms with Crippen LogP contribution in [0.4, 0.5) is 11.5 Å². The number of pyridine rings is 1. The van der Waals surface area contributed by atoms with Gasteiger partial charge in [0.1, 0.15) is 5.82 Å². The third-order valence-electron chi connectivity index (χ3n) is 3.10. The lowest BCUT2D eigenvalue weighted by atomic mass is 10.1. The van der Waals surface area contributed by atoms with Crippen molar-refractivity contribution < 1.29 is 4.79 Å². The van der Waals surface area contributed by atoms with Gasteiger partial charge in [-0.2, -0.15) is 0 Å². The van der Waals surface area contributed by atoms with E-state index in [0.717, 1.165) is 29.2 Å². The maximum atomic E-state index is 12.2. The molecule has 0 aliphatic carbocycles. The van der Waals surface area contributed by atoms with Crippen LogP contribution in [-0.2, 0) is 0 Å². The average Bonchev–Trinajstić information content (AvgIpc) is 2.44. The molecule has 2 rings (SSSR count). The molecule has 0 atom stereocenters. The Morgan fingerprint density at radius 3 is 2.40 bits per heavy atom. The highest BCUT2D eigenvalue weighted by atomic mass is 16.1. The number of rotatable bonds is 4. The molecule has 104 valence electrons. The first-order valence-electron chi connectivity index (χ1n) is 6.69. The predicted octanol–water partition coefficient (Wildman–Crippen LogP) is 3.38. The second-order valence-corrected chi connectivity index (χ2v) is 4.68. The SMILES string of the molecule is CCNc1ccc(C(=O)Nc2c(C)cccc2C)cn1. The monoisotopic (exact) mass is 269 g/mol. The van der Waals surface area contributed by atoms with Crippen molar-refractivity contribution in [2.45, 2.75) is 20.8 Å². The maximum absolute atomic E-state index is 12.2. The van der Waals surface area contributed by atoms with E-state index in [-0.39, 0.29) is 5.91 Å². The molecule has 4 heteroatoms. The van der Waals surface area contributed by atoms with Gasteiger partial charge in [-0.3, -0.25) is 4.79 Å². The molecule has 1 amide bonds. The number of hydrogen-bond acceptors (Lipinski definition) is 3. The Kier molecular flexibility index (Phi) is 4.35. The van der Waals surface area contributed by atoms with Gasteiger partial charge in [0.15, 0.2) is 0 Å². The zero-order chi connectivity index (χ0) is 14.5. The number of nitrogens with zero attached hydrogens (tertiary/aromatic N) is 1. The molecule has 1 heterocycles. The molecule has 0 fully saturated rings.